The second-order valence-corrected chi connectivity index (χ2v) is 6.92. The first-order chi connectivity index (χ1) is 10.5. The molecule has 0 aromatic heterocycles. The molecule has 0 saturated heterocycles. The third-order valence-electron chi connectivity index (χ3n) is 3.22. The van der Waals surface area contributed by atoms with Crippen molar-refractivity contribution in [3.8, 4) is 0 Å². The number of rotatable bonds is 9. The number of aliphatic hydroxyl groups excluding tert-OH is 1. The topological polar surface area (TPSA) is 107 Å². The van der Waals surface area contributed by atoms with Crippen LogP contribution in [0.1, 0.15) is 54.4 Å². The van der Waals surface area contributed by atoms with E-state index in [9.17, 15) is 25.3 Å². The molecule has 0 aliphatic rings. The predicted octanol–water partition coefficient (Wildman–Crippen LogP) is 3.77. The van der Waals surface area contributed by atoms with Crippen molar-refractivity contribution in [2.24, 2.45) is 23.7 Å². The largest absolute Gasteiger partial charge is 0.386 e. The molecule has 7 heteroatoms. The maximum Gasteiger partial charge on any atom is 0.230 e. The summed E-state index contributed by atoms with van der Waals surface area (Å²) >= 11 is 0. The smallest absolute Gasteiger partial charge is 0.230 e. The summed E-state index contributed by atoms with van der Waals surface area (Å²) < 4.78 is 0. The van der Waals surface area contributed by atoms with Gasteiger partial charge in [0.25, 0.3) is 0 Å². The number of hydrogen-bond acceptors (Lipinski definition) is 5. The summed E-state index contributed by atoms with van der Waals surface area (Å²) in [6, 6.07) is 0. The van der Waals surface area contributed by atoms with E-state index in [4.69, 9.17) is 0 Å². The van der Waals surface area contributed by atoms with Crippen LogP contribution in [0.5, 0.6) is 0 Å². The van der Waals surface area contributed by atoms with Crippen LogP contribution in [0.15, 0.2) is 12.3 Å². The quantitative estimate of drug-likeness (QED) is 0.511. The van der Waals surface area contributed by atoms with E-state index in [1.807, 2.05) is 27.7 Å². The molecule has 0 rings (SSSR count). The molecular weight excluding hydrogens is 300 g/mol. The standard InChI is InChI=1S/C8H17NO3.C8H15NO2/c1-6(2)4-7(3)8(10)5-9(11)12;1-7(2)6-8(3)4-5-9(10)11/h6-8,10H,4-5H2,1-3H3;4-5,7-8H,6H2,1-3H3/b;5-4+. The summed E-state index contributed by atoms with van der Waals surface area (Å²) in [7, 11) is 0. The van der Waals surface area contributed by atoms with Crippen molar-refractivity contribution in [1.29, 1.82) is 0 Å². The Kier molecular flexibility index (Phi) is 13.4. The van der Waals surface area contributed by atoms with Crippen LogP contribution in [0.3, 0.4) is 0 Å². The van der Waals surface area contributed by atoms with Crippen molar-refractivity contribution in [3.05, 3.63) is 32.5 Å². The van der Waals surface area contributed by atoms with Crippen molar-refractivity contribution >= 4 is 0 Å². The van der Waals surface area contributed by atoms with Crippen molar-refractivity contribution in [1.82, 2.24) is 0 Å². The van der Waals surface area contributed by atoms with E-state index in [0.29, 0.717) is 17.8 Å². The van der Waals surface area contributed by atoms with Crippen molar-refractivity contribution in [2.75, 3.05) is 6.54 Å². The van der Waals surface area contributed by atoms with Gasteiger partial charge in [-0.25, -0.2) is 0 Å². The van der Waals surface area contributed by atoms with Crippen LogP contribution in [-0.4, -0.2) is 27.6 Å². The zero-order valence-corrected chi connectivity index (χ0v) is 15.1. The van der Waals surface area contributed by atoms with E-state index in [-0.39, 0.29) is 12.5 Å². The minimum atomic E-state index is -0.803. The molecule has 1 N–H and O–H groups in total. The highest BCUT2D eigenvalue weighted by Crippen LogP contribution is 2.14. The van der Waals surface area contributed by atoms with Gasteiger partial charge in [-0.1, -0.05) is 41.5 Å². The zero-order chi connectivity index (χ0) is 18.6. The van der Waals surface area contributed by atoms with Crippen molar-refractivity contribution in [3.63, 3.8) is 0 Å². The lowest BCUT2D eigenvalue weighted by molar-refractivity contribution is -0.492. The molecule has 0 saturated carbocycles. The Morgan fingerprint density at radius 1 is 0.957 bits per heavy atom. The molecule has 0 heterocycles. The van der Waals surface area contributed by atoms with Crippen LogP contribution >= 0.6 is 0 Å². The van der Waals surface area contributed by atoms with Gasteiger partial charge < -0.3 is 5.11 Å². The van der Waals surface area contributed by atoms with Crippen molar-refractivity contribution < 1.29 is 15.0 Å². The van der Waals surface area contributed by atoms with E-state index in [0.717, 1.165) is 19.0 Å². The van der Waals surface area contributed by atoms with Crippen LogP contribution in [-0.2, 0) is 0 Å². The lowest BCUT2D eigenvalue weighted by atomic mass is 9.94. The van der Waals surface area contributed by atoms with Gasteiger partial charge in [-0.2, -0.15) is 0 Å². The second-order valence-electron chi connectivity index (χ2n) is 6.92. The molecule has 136 valence electrons. The van der Waals surface area contributed by atoms with Crippen LogP contribution in [0, 0.1) is 43.9 Å². The fraction of sp³-hybridized carbons (Fsp3) is 0.875. The van der Waals surface area contributed by atoms with E-state index < -0.39 is 16.0 Å². The van der Waals surface area contributed by atoms with Gasteiger partial charge in [0, 0.05) is 4.92 Å². The lowest BCUT2D eigenvalue weighted by Gasteiger charge is -2.16. The summed E-state index contributed by atoms with van der Waals surface area (Å²) in [5.74, 6) is 1.39. The van der Waals surface area contributed by atoms with Crippen LogP contribution < -0.4 is 0 Å². The Bertz CT molecular complexity index is 369. The van der Waals surface area contributed by atoms with Gasteiger partial charge in [0.1, 0.15) is 6.10 Å². The van der Waals surface area contributed by atoms with Gasteiger partial charge in [0.15, 0.2) is 0 Å². The fourth-order valence-electron chi connectivity index (χ4n) is 2.27. The summed E-state index contributed by atoms with van der Waals surface area (Å²) in [6.07, 6.45) is 3.69. The first-order valence-corrected chi connectivity index (χ1v) is 8.07. The number of aliphatic hydroxyl groups is 1. The predicted molar refractivity (Wildman–Crippen MR) is 91.2 cm³/mol. The number of nitro groups is 2. The molecule has 0 fully saturated rings. The SMILES string of the molecule is CC(C)CC(C)/C=C/[N+](=O)[O-].CC(C)CC(C)C(O)C[N+](=O)[O-]. The molecule has 0 bridgehead atoms. The first-order valence-electron chi connectivity index (χ1n) is 8.07. The zero-order valence-electron chi connectivity index (χ0n) is 15.1. The van der Waals surface area contributed by atoms with Gasteiger partial charge in [0.05, 0.1) is 4.92 Å². The van der Waals surface area contributed by atoms with E-state index >= 15 is 0 Å². The number of nitrogens with zero attached hydrogens (tertiary/aromatic N) is 2. The Hall–Kier alpha value is -1.50. The molecule has 0 radical (unpaired) electrons. The summed E-state index contributed by atoms with van der Waals surface area (Å²) in [6.45, 7) is 11.8. The highest BCUT2D eigenvalue weighted by molar-refractivity contribution is 4.79. The summed E-state index contributed by atoms with van der Waals surface area (Å²) in [5, 5.41) is 29.2. The van der Waals surface area contributed by atoms with Gasteiger partial charge in [-0.15, -0.1) is 0 Å². The minimum absolute atomic E-state index is 0.00963. The number of allylic oxidation sites excluding steroid dienone is 1. The minimum Gasteiger partial charge on any atom is -0.386 e. The summed E-state index contributed by atoms with van der Waals surface area (Å²) in [5.41, 5.74) is 0. The van der Waals surface area contributed by atoms with Gasteiger partial charge in [-0.3, -0.25) is 20.2 Å². The molecule has 23 heavy (non-hydrogen) atoms. The van der Waals surface area contributed by atoms with Crippen LogP contribution in [0.25, 0.3) is 0 Å². The van der Waals surface area contributed by atoms with E-state index in [2.05, 4.69) is 13.8 Å². The molecule has 0 aliphatic heterocycles. The maximum atomic E-state index is 10.0. The van der Waals surface area contributed by atoms with Gasteiger partial charge in [-0.05, 0) is 42.6 Å². The molecule has 3 unspecified atom stereocenters. The molecule has 0 aromatic carbocycles. The van der Waals surface area contributed by atoms with Gasteiger partial charge in [0.2, 0.25) is 12.7 Å². The fourth-order valence-corrected chi connectivity index (χ4v) is 2.27. The molecular formula is C16H32N2O5. The molecule has 0 aromatic rings. The molecule has 0 aliphatic carbocycles. The Morgan fingerprint density at radius 2 is 1.43 bits per heavy atom. The first kappa shape index (κ1) is 23.8. The molecule has 0 amide bonds. The summed E-state index contributed by atoms with van der Waals surface area (Å²) in [4.78, 5) is 19.1. The van der Waals surface area contributed by atoms with E-state index in [1.165, 1.54) is 0 Å². The van der Waals surface area contributed by atoms with E-state index in [1.54, 1.807) is 6.08 Å². The van der Waals surface area contributed by atoms with Gasteiger partial charge >= 0.3 is 0 Å². The molecule has 7 nitrogen and oxygen atoms in total. The third kappa shape index (κ3) is 18.5. The highest BCUT2D eigenvalue weighted by Gasteiger charge is 2.20. The number of hydrogen-bond donors (Lipinski definition) is 1. The average Bonchev–Trinajstić information content (AvgIpc) is 2.34. The third-order valence-corrected chi connectivity index (χ3v) is 3.22. The van der Waals surface area contributed by atoms with Crippen molar-refractivity contribution in [2.45, 2.75) is 60.5 Å². The molecule has 3 atom stereocenters. The second kappa shape index (κ2) is 13.0. The Balaban J connectivity index is 0. The lowest BCUT2D eigenvalue weighted by Crippen LogP contribution is -2.27. The van der Waals surface area contributed by atoms with Crippen LogP contribution in [0.4, 0.5) is 0 Å². The monoisotopic (exact) mass is 332 g/mol. The normalized spacial score (nSPS) is 15.2. The Morgan fingerprint density at radius 3 is 1.78 bits per heavy atom. The molecule has 0 spiro atoms. The average molecular weight is 332 g/mol. The Labute approximate surface area is 139 Å². The highest BCUT2D eigenvalue weighted by atomic mass is 16.6. The maximum absolute atomic E-state index is 10.0. The van der Waals surface area contributed by atoms with Crippen LogP contribution in [0.2, 0.25) is 0 Å².